The first-order chi connectivity index (χ1) is 17.1. The van der Waals surface area contributed by atoms with E-state index >= 15 is 0 Å². The third kappa shape index (κ3) is 12.9. The molecular formula is C28H45ClN4O6. The van der Waals surface area contributed by atoms with E-state index in [4.69, 9.17) is 5.73 Å². The number of aromatic hydroxyl groups is 1. The zero-order valence-corrected chi connectivity index (χ0v) is 24.0. The van der Waals surface area contributed by atoms with E-state index in [1.165, 1.54) is 17.0 Å². The van der Waals surface area contributed by atoms with Crippen LogP contribution in [0.4, 0.5) is 5.69 Å². The molecular weight excluding hydrogens is 524 g/mol. The van der Waals surface area contributed by atoms with Crippen LogP contribution in [0.15, 0.2) is 48.5 Å². The summed E-state index contributed by atoms with van der Waals surface area (Å²) in [5.41, 5.74) is 8.56. The van der Waals surface area contributed by atoms with E-state index in [2.05, 4.69) is 24.5 Å². The number of benzene rings is 2. The minimum absolute atomic E-state index is 0. The molecule has 0 aliphatic carbocycles. The monoisotopic (exact) mass is 568 g/mol. The summed E-state index contributed by atoms with van der Waals surface area (Å²) in [5.74, 6) is 0.0438. The number of phenolic OH excluding ortho intramolecular Hbond substituents is 1. The van der Waals surface area contributed by atoms with Gasteiger partial charge < -0.3 is 37.3 Å². The van der Waals surface area contributed by atoms with Crippen LogP contribution >= 0.6 is 12.4 Å². The summed E-state index contributed by atoms with van der Waals surface area (Å²) >= 11 is 0. The summed E-state index contributed by atoms with van der Waals surface area (Å²) in [6.07, 6.45) is 3.00. The van der Waals surface area contributed by atoms with Gasteiger partial charge in [-0.05, 0) is 67.9 Å². The van der Waals surface area contributed by atoms with Crippen molar-refractivity contribution in [3.63, 3.8) is 0 Å². The van der Waals surface area contributed by atoms with E-state index in [1.54, 1.807) is 26.1 Å². The summed E-state index contributed by atoms with van der Waals surface area (Å²) in [5, 5.41) is 15.1. The summed E-state index contributed by atoms with van der Waals surface area (Å²) < 4.78 is 0. The largest absolute Gasteiger partial charge is 0.508 e. The van der Waals surface area contributed by atoms with Crippen LogP contribution in [0, 0.1) is 5.92 Å². The van der Waals surface area contributed by atoms with E-state index < -0.39 is 18.0 Å². The van der Waals surface area contributed by atoms with Crippen LogP contribution in [0.25, 0.3) is 0 Å². The van der Waals surface area contributed by atoms with Crippen LogP contribution in [-0.2, 0) is 27.2 Å². The molecule has 0 saturated heterocycles. The van der Waals surface area contributed by atoms with Gasteiger partial charge in [-0.3, -0.25) is 14.4 Å². The number of nitrogens with one attached hydrogen (secondary N) is 2. The van der Waals surface area contributed by atoms with Crippen LogP contribution in [0.2, 0.25) is 0 Å². The summed E-state index contributed by atoms with van der Waals surface area (Å²) in [6.45, 7) is 6.57. The molecule has 2 aromatic carbocycles. The minimum atomic E-state index is -0.825. The van der Waals surface area contributed by atoms with Crippen molar-refractivity contribution >= 4 is 35.8 Å². The molecule has 9 N–H and O–H groups in total. The van der Waals surface area contributed by atoms with Crippen LogP contribution in [0.1, 0.15) is 51.2 Å². The van der Waals surface area contributed by atoms with Gasteiger partial charge in [-0.2, -0.15) is 0 Å². The number of carbonyl (C=O) groups is 3. The quantitative estimate of drug-likeness (QED) is 0.285. The van der Waals surface area contributed by atoms with E-state index in [0.29, 0.717) is 31.7 Å². The highest BCUT2D eigenvalue weighted by Crippen LogP contribution is 2.22. The number of amides is 3. The second-order valence-electron chi connectivity index (χ2n) is 9.62. The van der Waals surface area contributed by atoms with Gasteiger partial charge in [0.1, 0.15) is 11.8 Å². The number of nitrogens with two attached hydrogens (primary N) is 1. The molecule has 3 amide bonds. The molecule has 10 nitrogen and oxygen atoms in total. The molecule has 0 saturated carbocycles. The van der Waals surface area contributed by atoms with Crippen LogP contribution in [0.3, 0.4) is 0 Å². The number of nitrogens with zero attached hydrogens (tertiary/aromatic N) is 1. The molecule has 0 aromatic heterocycles. The Kier molecular flexibility index (Phi) is 18.5. The van der Waals surface area contributed by atoms with Gasteiger partial charge in [0.05, 0.1) is 6.04 Å². The molecule has 2 atom stereocenters. The molecule has 0 aliphatic rings. The molecule has 2 rings (SSSR count). The fourth-order valence-electron chi connectivity index (χ4n) is 3.85. The first kappa shape index (κ1) is 38.0. The standard InChI is InChI=1S/C28H40N4O4.ClH.2H2O/c1-19(2)16-17-30-26(34)11-7-9-22-8-5-6-10-25(22)32(4)28(36)20(3)31-27(35)24(29)18-21-12-14-23(33)15-13-21;;;/h5-6,8,10,12-15,19-20,24,33H,7,9,11,16-18,29H2,1-4H3,(H,30,34)(H,31,35);1H;2*1H2/t20-,24+;;;/m1.../s1. The Balaban J connectivity index is 0. The predicted octanol–water partition coefficient (Wildman–Crippen LogP) is 1.69. The molecule has 0 fully saturated rings. The van der Waals surface area contributed by atoms with Crippen LogP contribution in [0.5, 0.6) is 5.75 Å². The van der Waals surface area contributed by atoms with Gasteiger partial charge in [-0.15, -0.1) is 12.4 Å². The Morgan fingerprint density at radius 1 is 1.00 bits per heavy atom. The average Bonchev–Trinajstić information content (AvgIpc) is 2.84. The van der Waals surface area contributed by atoms with E-state index in [-0.39, 0.29) is 47.3 Å². The van der Waals surface area contributed by atoms with E-state index in [1.807, 2.05) is 24.3 Å². The Morgan fingerprint density at radius 2 is 1.62 bits per heavy atom. The second kappa shape index (κ2) is 19.0. The number of rotatable bonds is 13. The molecule has 2 aromatic rings. The van der Waals surface area contributed by atoms with Crippen molar-refractivity contribution in [1.29, 1.82) is 0 Å². The minimum Gasteiger partial charge on any atom is -0.508 e. The maximum Gasteiger partial charge on any atom is 0.249 e. The third-order valence-electron chi connectivity index (χ3n) is 6.04. The number of hydrogen-bond donors (Lipinski definition) is 4. The van der Waals surface area contributed by atoms with Gasteiger partial charge in [0.15, 0.2) is 0 Å². The van der Waals surface area contributed by atoms with Gasteiger partial charge in [0.25, 0.3) is 0 Å². The number of carbonyl (C=O) groups excluding carboxylic acids is 3. The summed E-state index contributed by atoms with van der Waals surface area (Å²) in [4.78, 5) is 39.3. The normalized spacial score (nSPS) is 11.6. The molecule has 0 heterocycles. The lowest BCUT2D eigenvalue weighted by Crippen LogP contribution is -2.51. The number of para-hydroxylation sites is 1. The SMILES string of the molecule is CC(C)CCNC(=O)CCCc1ccccc1N(C)C(=O)[C@@H](C)NC(=O)[C@@H](N)Cc1ccc(O)cc1.Cl.O.O. The number of hydrogen-bond acceptors (Lipinski definition) is 5. The van der Waals surface area contributed by atoms with Gasteiger partial charge in [-0.1, -0.05) is 44.2 Å². The van der Waals surface area contributed by atoms with Gasteiger partial charge in [0, 0.05) is 25.7 Å². The van der Waals surface area contributed by atoms with Crippen molar-refractivity contribution in [3.8, 4) is 5.75 Å². The summed E-state index contributed by atoms with van der Waals surface area (Å²) in [6, 6.07) is 12.5. The molecule has 0 spiro atoms. The van der Waals surface area contributed by atoms with E-state index in [0.717, 1.165) is 23.2 Å². The summed E-state index contributed by atoms with van der Waals surface area (Å²) in [7, 11) is 1.68. The highest BCUT2D eigenvalue weighted by atomic mass is 35.5. The first-order valence-corrected chi connectivity index (χ1v) is 12.5. The van der Waals surface area contributed by atoms with Crippen molar-refractivity contribution < 1.29 is 30.4 Å². The smallest absolute Gasteiger partial charge is 0.249 e. The second-order valence-corrected chi connectivity index (χ2v) is 9.62. The Labute approximate surface area is 237 Å². The highest BCUT2D eigenvalue weighted by molar-refractivity contribution is 5.99. The van der Waals surface area contributed by atoms with Gasteiger partial charge >= 0.3 is 0 Å². The highest BCUT2D eigenvalue weighted by Gasteiger charge is 2.24. The Hall–Kier alpha value is -3.18. The van der Waals surface area contributed by atoms with Gasteiger partial charge in [0.2, 0.25) is 17.7 Å². The Morgan fingerprint density at radius 3 is 2.23 bits per heavy atom. The Bertz CT molecular complexity index is 1020. The fourth-order valence-corrected chi connectivity index (χ4v) is 3.85. The average molecular weight is 569 g/mol. The molecule has 220 valence electrons. The van der Waals surface area contributed by atoms with Crippen molar-refractivity contribution in [3.05, 3.63) is 59.7 Å². The lowest BCUT2D eigenvalue weighted by atomic mass is 10.0. The number of anilines is 1. The third-order valence-corrected chi connectivity index (χ3v) is 6.04. The number of halogens is 1. The van der Waals surface area contributed by atoms with Crippen molar-refractivity contribution in [1.82, 2.24) is 10.6 Å². The molecule has 39 heavy (non-hydrogen) atoms. The number of aryl methyl sites for hydroxylation is 1. The van der Waals surface area contributed by atoms with Crippen LogP contribution in [-0.4, -0.2) is 59.5 Å². The van der Waals surface area contributed by atoms with Crippen molar-refractivity contribution in [2.45, 2.75) is 65.0 Å². The first-order valence-electron chi connectivity index (χ1n) is 12.5. The maximum absolute atomic E-state index is 13.1. The zero-order chi connectivity index (χ0) is 26.7. The lowest BCUT2D eigenvalue weighted by molar-refractivity contribution is -0.127. The predicted molar refractivity (Wildman–Crippen MR) is 157 cm³/mol. The topological polar surface area (TPSA) is 188 Å². The number of likely N-dealkylation sites (N-methyl/N-ethyl adjacent to an activating group) is 1. The van der Waals surface area contributed by atoms with Crippen LogP contribution < -0.4 is 21.3 Å². The maximum atomic E-state index is 13.1. The van der Waals surface area contributed by atoms with Crippen molar-refractivity contribution in [2.24, 2.45) is 11.7 Å². The van der Waals surface area contributed by atoms with Gasteiger partial charge in [-0.25, -0.2) is 0 Å². The molecule has 11 heteroatoms. The molecule has 0 radical (unpaired) electrons. The van der Waals surface area contributed by atoms with Crippen molar-refractivity contribution in [2.75, 3.05) is 18.5 Å². The fraction of sp³-hybridized carbons (Fsp3) is 0.464. The zero-order valence-electron chi connectivity index (χ0n) is 23.2. The number of phenols is 1. The molecule has 0 bridgehead atoms. The lowest BCUT2D eigenvalue weighted by Gasteiger charge is -2.25. The molecule has 0 unspecified atom stereocenters. The molecule has 0 aliphatic heterocycles. The van der Waals surface area contributed by atoms with E-state index in [9.17, 15) is 19.5 Å².